The number of aromatic nitrogens is 6. The maximum Gasteiger partial charge on any atom is 0.284 e. The highest BCUT2D eigenvalue weighted by molar-refractivity contribution is 7.90. The van der Waals surface area contributed by atoms with Crippen molar-refractivity contribution in [2.75, 3.05) is 29.6 Å². The van der Waals surface area contributed by atoms with Crippen LogP contribution in [0.15, 0.2) is 72.9 Å². The molecule has 21 heteroatoms. The Balaban J connectivity index is 0.808. The summed E-state index contributed by atoms with van der Waals surface area (Å²) in [7, 11) is -2.53. The SMILES string of the molecule is C#Cc1ccc(CNC(=O)[C@@H]2C[C@@H](O)CN2C(=O)[C@@H](NC(=O)CCCCS(=O)(=O)NC(=O)c2nc(N(C)c3cc(C)c(Nc4nc5ccccc5s4)nn3)ccc2-c2cnn(CC34CC5CC(CC(C5)C3)C4)c2C)C(C)(C)C)cc1. The highest BCUT2D eigenvalue weighted by Crippen LogP contribution is 2.60. The molecule has 5 heterocycles. The molecule has 4 aliphatic carbocycles. The van der Waals surface area contributed by atoms with Gasteiger partial charge in [0, 0.05) is 61.9 Å². The van der Waals surface area contributed by atoms with Crippen LogP contribution in [0.25, 0.3) is 21.3 Å². The Kier molecular flexibility index (Phi) is 15.9. The number of aliphatic hydroxyl groups excluding tert-OH is 1. The third kappa shape index (κ3) is 12.4. The molecule has 5 fully saturated rings. The number of carbonyl (C=O) groups excluding carboxylic acids is 4. The van der Waals surface area contributed by atoms with E-state index < -0.39 is 63.0 Å². The zero-order chi connectivity index (χ0) is 56.7. The molecular formula is C59H70N12O7S2. The topological polar surface area (TPSA) is 247 Å². The van der Waals surface area contributed by atoms with Crippen LogP contribution in [0.4, 0.5) is 22.6 Å². The van der Waals surface area contributed by atoms with Gasteiger partial charge < -0.3 is 30.9 Å². The number of rotatable bonds is 19. The summed E-state index contributed by atoms with van der Waals surface area (Å²) in [5, 5.41) is 34.1. The summed E-state index contributed by atoms with van der Waals surface area (Å²) in [5.74, 6) is 3.25. The van der Waals surface area contributed by atoms with Crippen molar-refractivity contribution in [2.24, 2.45) is 28.6 Å². The van der Waals surface area contributed by atoms with E-state index in [1.54, 1.807) is 75.3 Å². The predicted molar refractivity (Wildman–Crippen MR) is 307 cm³/mol. The third-order valence-corrected chi connectivity index (χ3v) is 18.8. The number of carbonyl (C=O) groups is 4. The number of nitrogens with zero attached hydrogens (tertiary/aromatic N) is 8. The number of thiazole rings is 1. The van der Waals surface area contributed by atoms with E-state index in [-0.39, 0.29) is 49.9 Å². The monoisotopic (exact) mass is 1120 g/mol. The predicted octanol–water partition coefficient (Wildman–Crippen LogP) is 7.71. The highest BCUT2D eigenvalue weighted by Gasteiger charge is 2.51. The molecule has 4 bridgehead atoms. The summed E-state index contributed by atoms with van der Waals surface area (Å²) in [4.78, 5) is 68.1. The second-order valence-corrected chi connectivity index (χ2v) is 26.6. The first-order valence-corrected chi connectivity index (χ1v) is 30.0. The highest BCUT2D eigenvalue weighted by atomic mass is 32.2. The Morgan fingerprint density at radius 1 is 0.912 bits per heavy atom. The summed E-state index contributed by atoms with van der Waals surface area (Å²) < 4.78 is 33.0. The van der Waals surface area contributed by atoms with Gasteiger partial charge in [-0.25, -0.2) is 23.1 Å². The fourth-order valence-corrected chi connectivity index (χ4v) is 14.7. The number of fused-ring (bicyclic) bond motifs is 1. The average Bonchev–Trinajstić information content (AvgIpc) is 4.22. The van der Waals surface area contributed by atoms with Crippen LogP contribution in [0.1, 0.15) is 118 Å². The molecule has 5 aliphatic rings. The fraction of sp³-hybridized carbons (Fsp3) is 0.475. The number of aliphatic hydroxyl groups is 1. The molecule has 5 N–H and O–H groups in total. The molecule has 2 aromatic carbocycles. The van der Waals surface area contributed by atoms with E-state index >= 15 is 0 Å². The van der Waals surface area contributed by atoms with Gasteiger partial charge in [0.05, 0.1) is 28.3 Å². The van der Waals surface area contributed by atoms with Crippen LogP contribution in [0.3, 0.4) is 0 Å². The number of amides is 4. The smallest absolute Gasteiger partial charge is 0.284 e. The molecule has 11 rings (SSSR count). The van der Waals surface area contributed by atoms with Gasteiger partial charge in [-0.3, -0.25) is 23.9 Å². The second kappa shape index (κ2) is 22.7. The van der Waals surface area contributed by atoms with Crippen molar-refractivity contribution in [1.29, 1.82) is 0 Å². The van der Waals surface area contributed by atoms with Crippen molar-refractivity contribution in [2.45, 2.75) is 130 Å². The van der Waals surface area contributed by atoms with E-state index in [1.807, 2.05) is 44.2 Å². The molecule has 0 spiro atoms. The number of unbranched alkanes of at least 4 members (excludes halogenated alkanes) is 1. The number of benzene rings is 2. The van der Waals surface area contributed by atoms with E-state index in [9.17, 15) is 32.7 Å². The molecule has 6 aromatic rings. The van der Waals surface area contributed by atoms with Gasteiger partial charge in [0.1, 0.15) is 23.6 Å². The Morgan fingerprint density at radius 3 is 2.30 bits per heavy atom. The minimum atomic E-state index is -4.28. The minimum Gasteiger partial charge on any atom is -0.391 e. The number of sulfonamides is 1. The van der Waals surface area contributed by atoms with Crippen molar-refractivity contribution >= 4 is 77.8 Å². The van der Waals surface area contributed by atoms with Crippen molar-refractivity contribution in [3.63, 3.8) is 0 Å². The van der Waals surface area contributed by atoms with E-state index in [4.69, 9.17) is 16.5 Å². The molecule has 19 nitrogen and oxygen atoms in total. The zero-order valence-corrected chi connectivity index (χ0v) is 47.8. The number of aryl methyl sites for hydroxylation is 1. The maximum absolute atomic E-state index is 14.5. The first-order chi connectivity index (χ1) is 38.1. The lowest BCUT2D eigenvalue weighted by Crippen LogP contribution is -2.57. The van der Waals surface area contributed by atoms with Crippen molar-refractivity contribution in [3.05, 3.63) is 101 Å². The molecule has 1 saturated heterocycles. The number of anilines is 4. The van der Waals surface area contributed by atoms with Gasteiger partial charge in [0.25, 0.3) is 5.91 Å². The van der Waals surface area contributed by atoms with Crippen LogP contribution in [-0.4, -0.2) is 110 Å². The van der Waals surface area contributed by atoms with Gasteiger partial charge in [0.15, 0.2) is 16.8 Å². The van der Waals surface area contributed by atoms with E-state index in [2.05, 4.69) is 46.5 Å². The summed E-state index contributed by atoms with van der Waals surface area (Å²) in [6.07, 6.45) is 13.9. The fourth-order valence-electron chi connectivity index (χ4n) is 12.8. The Bertz CT molecular complexity index is 3420. The zero-order valence-electron chi connectivity index (χ0n) is 46.2. The first kappa shape index (κ1) is 56.0. The number of pyridine rings is 1. The number of hydrogen-bond donors (Lipinski definition) is 5. The molecule has 420 valence electrons. The number of terminal acetylenes is 1. The van der Waals surface area contributed by atoms with Crippen molar-refractivity contribution in [1.82, 2.24) is 50.2 Å². The van der Waals surface area contributed by atoms with Gasteiger partial charge in [-0.15, -0.1) is 16.6 Å². The molecule has 4 amide bonds. The Hall–Kier alpha value is -7.28. The lowest BCUT2D eigenvalue weighted by molar-refractivity contribution is -0.144. The molecule has 3 atom stereocenters. The van der Waals surface area contributed by atoms with Gasteiger partial charge in [0.2, 0.25) is 27.7 Å². The Labute approximate surface area is 471 Å². The normalized spacial score (nSPS) is 21.7. The van der Waals surface area contributed by atoms with E-state index in [1.165, 1.54) is 54.8 Å². The van der Waals surface area contributed by atoms with Gasteiger partial charge in [-0.2, -0.15) is 5.10 Å². The molecular weight excluding hydrogens is 1050 g/mol. The number of hydrogen-bond acceptors (Lipinski definition) is 15. The second-order valence-electron chi connectivity index (χ2n) is 23.7. The number of likely N-dealkylation sites (tertiary alicyclic amines) is 1. The quantitative estimate of drug-likeness (QED) is 0.0385. The van der Waals surface area contributed by atoms with E-state index in [0.29, 0.717) is 39.3 Å². The molecule has 80 heavy (non-hydrogen) atoms. The van der Waals surface area contributed by atoms with Crippen LogP contribution >= 0.6 is 11.3 Å². The summed E-state index contributed by atoms with van der Waals surface area (Å²) in [6, 6.07) is 18.3. The minimum absolute atomic E-state index is 0.0112. The molecule has 1 aliphatic heterocycles. The summed E-state index contributed by atoms with van der Waals surface area (Å²) in [5.41, 5.74) is 4.37. The van der Waals surface area contributed by atoms with E-state index in [0.717, 1.165) is 51.3 Å². The molecule has 4 aromatic heterocycles. The Morgan fingerprint density at radius 2 is 1.62 bits per heavy atom. The van der Waals surface area contributed by atoms with Crippen LogP contribution < -0.4 is 25.6 Å². The van der Waals surface area contributed by atoms with Crippen molar-refractivity contribution in [3.8, 4) is 23.5 Å². The largest absolute Gasteiger partial charge is 0.391 e. The number of para-hydroxylation sites is 1. The van der Waals surface area contributed by atoms with Gasteiger partial charge in [-0.05, 0) is 147 Å². The molecule has 0 unspecified atom stereocenters. The molecule has 0 radical (unpaired) electrons. The first-order valence-electron chi connectivity index (χ1n) is 27.5. The standard InChI is InChI=1S/C59H70N12O7S2/c1-8-37-16-18-38(19-17-37)31-60-54(74)46-27-42(72)33-70(46)56(76)52(58(4,5)6)64-50(73)15-11-12-22-80(77,78)68-55(75)51-43(44-32-61-71(36(44)3)34-59-28-39-24-40(29-59)26-41(25-39)30-59)20-21-48(63-51)69(7)49-23-35(2)53(67-66-49)65-57-62-45-13-9-10-14-47(45)79-57/h1,9-10,13-14,16-21,23,32,39-42,46,52,72H,11-12,15,22,24-31,33-34H2,2-7H3,(H,60,74)(H,64,73)(H,68,75)(H,62,65,67)/t39?,40?,41?,42-,46+,52-,59?/m1/s1. The lowest BCUT2D eigenvalue weighted by Gasteiger charge is -2.56. The third-order valence-electron chi connectivity index (χ3n) is 16.5. The average molecular weight is 1120 g/mol. The van der Waals surface area contributed by atoms with Crippen LogP contribution in [0, 0.1) is 54.8 Å². The van der Waals surface area contributed by atoms with Gasteiger partial charge in [-0.1, -0.05) is 62.3 Å². The van der Waals surface area contributed by atoms with Crippen LogP contribution in [-0.2, 0) is 37.5 Å². The van der Waals surface area contributed by atoms with Gasteiger partial charge >= 0.3 is 0 Å². The number of β-amino-alcohol motifs (C(OH)–C–C–N with tert-alkyl or cyclic N) is 1. The summed E-state index contributed by atoms with van der Waals surface area (Å²) >= 11 is 1.50. The van der Waals surface area contributed by atoms with Crippen LogP contribution in [0.2, 0.25) is 0 Å². The van der Waals surface area contributed by atoms with Crippen LogP contribution in [0.5, 0.6) is 0 Å². The van der Waals surface area contributed by atoms with Crippen molar-refractivity contribution < 1.29 is 32.7 Å². The molecule has 4 saturated carbocycles. The lowest BCUT2D eigenvalue weighted by atomic mass is 9.49. The summed E-state index contributed by atoms with van der Waals surface area (Å²) in [6.45, 7) is 10.1. The number of nitrogens with one attached hydrogen (secondary N) is 4. The maximum atomic E-state index is 14.5.